The molecular weight excluding hydrogens is 378 g/mol. The predicted molar refractivity (Wildman–Crippen MR) is 115 cm³/mol. The van der Waals surface area contributed by atoms with Gasteiger partial charge in [-0.2, -0.15) is 5.10 Å². The van der Waals surface area contributed by atoms with Gasteiger partial charge < -0.3 is 14.7 Å². The number of rotatable bonds is 7. The van der Waals surface area contributed by atoms with Gasteiger partial charge in [0.15, 0.2) is 0 Å². The fourth-order valence-electron chi connectivity index (χ4n) is 3.96. The van der Waals surface area contributed by atoms with Crippen LogP contribution in [0.1, 0.15) is 53.5 Å². The van der Waals surface area contributed by atoms with Gasteiger partial charge in [0.2, 0.25) is 0 Å². The molecule has 6 heteroatoms. The van der Waals surface area contributed by atoms with Crippen LogP contribution in [-0.2, 0) is 4.74 Å². The number of nitrogens with zero attached hydrogens (tertiary/aromatic N) is 2. The molecule has 2 heterocycles. The molecule has 1 aliphatic heterocycles. The summed E-state index contributed by atoms with van der Waals surface area (Å²) in [6.45, 7) is 7.23. The Bertz CT molecular complexity index is 1040. The standard InChI is InChI=1S/C24H27N3O3/c1-15(2)30-14-6-13-27-23(17-11-9-16(3)10-12-17)20-21(25-26-22(20)24(27)29)18-7-4-5-8-19(18)28/h4-5,7-12,15,23,28H,6,13-14H2,1-3H3,(H,25,26)/t23-/m0/s1. The number of amides is 1. The number of aromatic nitrogens is 2. The molecule has 0 fully saturated rings. The highest BCUT2D eigenvalue weighted by Gasteiger charge is 2.42. The Kier molecular flexibility index (Phi) is 5.59. The molecule has 6 nitrogen and oxygen atoms in total. The van der Waals surface area contributed by atoms with E-state index in [2.05, 4.69) is 34.5 Å². The molecule has 0 unspecified atom stereocenters. The SMILES string of the molecule is Cc1ccc([C@H]2c3c(-c4ccccc4O)n[nH]c3C(=O)N2CCCOC(C)C)cc1. The zero-order valence-electron chi connectivity index (χ0n) is 17.6. The van der Waals surface area contributed by atoms with Crippen molar-refractivity contribution in [2.24, 2.45) is 0 Å². The lowest BCUT2D eigenvalue weighted by molar-refractivity contribution is 0.0601. The van der Waals surface area contributed by atoms with Crippen LogP contribution >= 0.6 is 0 Å². The van der Waals surface area contributed by atoms with Crippen LogP contribution in [-0.4, -0.2) is 45.4 Å². The zero-order valence-corrected chi connectivity index (χ0v) is 17.6. The van der Waals surface area contributed by atoms with Crippen LogP contribution in [0.15, 0.2) is 48.5 Å². The summed E-state index contributed by atoms with van der Waals surface area (Å²) in [4.78, 5) is 15.1. The van der Waals surface area contributed by atoms with Crippen molar-refractivity contribution in [2.45, 2.75) is 39.3 Å². The minimum absolute atomic E-state index is 0.0747. The Balaban J connectivity index is 1.74. The van der Waals surface area contributed by atoms with E-state index in [0.29, 0.717) is 30.1 Å². The van der Waals surface area contributed by atoms with Gasteiger partial charge in [0.05, 0.1) is 12.1 Å². The molecule has 0 saturated heterocycles. The molecule has 1 aromatic heterocycles. The number of hydrogen-bond acceptors (Lipinski definition) is 4. The number of carbonyl (C=O) groups is 1. The van der Waals surface area contributed by atoms with Gasteiger partial charge >= 0.3 is 0 Å². The number of phenols is 1. The maximum absolute atomic E-state index is 13.3. The fraction of sp³-hybridized carbons (Fsp3) is 0.333. The smallest absolute Gasteiger partial charge is 0.273 e. The number of ether oxygens (including phenoxy) is 1. The van der Waals surface area contributed by atoms with Gasteiger partial charge in [-0.25, -0.2) is 0 Å². The zero-order chi connectivity index (χ0) is 21.3. The van der Waals surface area contributed by atoms with E-state index in [-0.39, 0.29) is 23.8 Å². The molecule has 2 N–H and O–H groups in total. The first-order chi connectivity index (χ1) is 14.5. The third kappa shape index (κ3) is 3.71. The monoisotopic (exact) mass is 405 g/mol. The van der Waals surface area contributed by atoms with E-state index in [9.17, 15) is 9.90 Å². The number of carbonyl (C=O) groups excluding carboxylic acids is 1. The molecule has 156 valence electrons. The van der Waals surface area contributed by atoms with Gasteiger partial charge in [-0.3, -0.25) is 9.89 Å². The number of aromatic hydroxyl groups is 1. The van der Waals surface area contributed by atoms with E-state index in [1.807, 2.05) is 37.8 Å². The third-order valence-electron chi connectivity index (χ3n) is 5.41. The summed E-state index contributed by atoms with van der Waals surface area (Å²) >= 11 is 0. The molecule has 1 atom stereocenters. The van der Waals surface area contributed by atoms with Gasteiger partial charge in [0.1, 0.15) is 17.1 Å². The van der Waals surface area contributed by atoms with Crippen LogP contribution in [0.2, 0.25) is 0 Å². The minimum Gasteiger partial charge on any atom is -0.507 e. The van der Waals surface area contributed by atoms with Crippen molar-refractivity contribution in [2.75, 3.05) is 13.2 Å². The molecule has 0 saturated carbocycles. The highest BCUT2D eigenvalue weighted by atomic mass is 16.5. The number of phenolic OH excluding ortho intramolecular Hbond substituents is 1. The van der Waals surface area contributed by atoms with E-state index in [1.165, 1.54) is 0 Å². The van der Waals surface area contributed by atoms with Crippen molar-refractivity contribution in [3.8, 4) is 17.0 Å². The van der Waals surface area contributed by atoms with Gasteiger partial charge in [0.25, 0.3) is 5.91 Å². The molecule has 0 radical (unpaired) electrons. The molecule has 1 amide bonds. The lowest BCUT2D eigenvalue weighted by Gasteiger charge is -2.26. The van der Waals surface area contributed by atoms with Gasteiger partial charge in [0, 0.05) is 24.3 Å². The first-order valence-corrected chi connectivity index (χ1v) is 10.3. The topological polar surface area (TPSA) is 78.5 Å². The van der Waals surface area contributed by atoms with Crippen molar-refractivity contribution in [3.63, 3.8) is 0 Å². The largest absolute Gasteiger partial charge is 0.507 e. The Morgan fingerprint density at radius 3 is 2.60 bits per heavy atom. The van der Waals surface area contributed by atoms with Crippen molar-refractivity contribution in [1.82, 2.24) is 15.1 Å². The number of aryl methyl sites for hydroxylation is 1. The normalized spacial score (nSPS) is 15.8. The van der Waals surface area contributed by atoms with Crippen molar-refractivity contribution in [1.29, 1.82) is 0 Å². The highest BCUT2D eigenvalue weighted by molar-refractivity contribution is 6.00. The summed E-state index contributed by atoms with van der Waals surface area (Å²) in [6, 6.07) is 15.0. The quantitative estimate of drug-likeness (QED) is 0.569. The number of aromatic amines is 1. The second-order valence-electron chi connectivity index (χ2n) is 7.96. The lowest BCUT2D eigenvalue weighted by Crippen LogP contribution is -2.31. The van der Waals surface area contributed by atoms with Gasteiger partial charge in [-0.1, -0.05) is 42.0 Å². The number of H-pyrrole nitrogens is 1. The molecule has 2 aromatic carbocycles. The van der Waals surface area contributed by atoms with Crippen molar-refractivity contribution < 1.29 is 14.6 Å². The fourth-order valence-corrected chi connectivity index (χ4v) is 3.96. The molecule has 1 aliphatic rings. The first-order valence-electron chi connectivity index (χ1n) is 10.3. The molecule has 30 heavy (non-hydrogen) atoms. The maximum Gasteiger partial charge on any atom is 0.273 e. The predicted octanol–water partition coefficient (Wildman–Crippen LogP) is 4.45. The van der Waals surface area contributed by atoms with Crippen LogP contribution < -0.4 is 0 Å². The van der Waals surface area contributed by atoms with Gasteiger partial charge in [-0.15, -0.1) is 0 Å². The Morgan fingerprint density at radius 1 is 1.17 bits per heavy atom. The second kappa shape index (κ2) is 8.32. The van der Waals surface area contributed by atoms with E-state index in [0.717, 1.165) is 23.1 Å². The molecule has 4 rings (SSSR count). The Hall–Kier alpha value is -3.12. The Labute approximate surface area is 176 Å². The summed E-state index contributed by atoms with van der Waals surface area (Å²) < 4.78 is 5.67. The first kappa shape index (κ1) is 20.2. The average Bonchev–Trinajstić information content (AvgIpc) is 3.26. The van der Waals surface area contributed by atoms with Crippen LogP contribution in [0.25, 0.3) is 11.3 Å². The Morgan fingerprint density at radius 2 is 1.90 bits per heavy atom. The van der Waals surface area contributed by atoms with E-state index in [1.54, 1.807) is 12.1 Å². The van der Waals surface area contributed by atoms with Gasteiger partial charge in [-0.05, 0) is 44.9 Å². The molecule has 3 aromatic rings. The molecule has 0 bridgehead atoms. The number of benzene rings is 2. The second-order valence-corrected chi connectivity index (χ2v) is 7.96. The van der Waals surface area contributed by atoms with Crippen molar-refractivity contribution >= 4 is 5.91 Å². The third-order valence-corrected chi connectivity index (χ3v) is 5.41. The van der Waals surface area contributed by atoms with Crippen LogP contribution in [0.3, 0.4) is 0 Å². The van der Waals surface area contributed by atoms with Crippen LogP contribution in [0, 0.1) is 6.92 Å². The summed E-state index contributed by atoms with van der Waals surface area (Å²) in [5.41, 5.74) is 4.72. The number of hydrogen-bond donors (Lipinski definition) is 2. The average molecular weight is 405 g/mol. The molecule has 0 spiro atoms. The maximum atomic E-state index is 13.3. The summed E-state index contributed by atoms with van der Waals surface area (Å²) in [5, 5.41) is 17.7. The molecular formula is C24H27N3O3. The van der Waals surface area contributed by atoms with Crippen LogP contribution in [0.4, 0.5) is 0 Å². The van der Waals surface area contributed by atoms with E-state index in [4.69, 9.17) is 4.74 Å². The van der Waals surface area contributed by atoms with E-state index >= 15 is 0 Å². The highest BCUT2D eigenvalue weighted by Crippen LogP contribution is 2.44. The summed E-state index contributed by atoms with van der Waals surface area (Å²) in [5.74, 6) is 0.0694. The number of nitrogens with one attached hydrogen (secondary N) is 1. The summed E-state index contributed by atoms with van der Waals surface area (Å²) in [6.07, 6.45) is 0.910. The van der Waals surface area contributed by atoms with Crippen molar-refractivity contribution in [3.05, 3.63) is 70.9 Å². The number of para-hydroxylation sites is 1. The lowest BCUT2D eigenvalue weighted by atomic mass is 9.95. The summed E-state index contributed by atoms with van der Waals surface area (Å²) in [7, 11) is 0. The minimum atomic E-state index is -0.263. The van der Waals surface area contributed by atoms with E-state index < -0.39 is 0 Å². The molecule has 0 aliphatic carbocycles. The number of fused-ring (bicyclic) bond motifs is 1. The van der Waals surface area contributed by atoms with Crippen LogP contribution in [0.5, 0.6) is 5.75 Å².